The van der Waals surface area contributed by atoms with Crippen molar-refractivity contribution in [2.24, 2.45) is 5.41 Å². The van der Waals surface area contributed by atoms with Crippen molar-refractivity contribution in [2.75, 3.05) is 0 Å². The first kappa shape index (κ1) is 12.2. The Labute approximate surface area is 109 Å². The maximum Gasteiger partial charge on any atom is 0.0954 e. The maximum atomic E-state index is 10.0. The van der Waals surface area contributed by atoms with Crippen molar-refractivity contribution in [1.29, 1.82) is 0 Å². The van der Waals surface area contributed by atoms with E-state index in [0.29, 0.717) is 11.5 Å². The molecule has 0 bridgehead atoms. The minimum atomic E-state index is -0.122. The summed E-state index contributed by atoms with van der Waals surface area (Å²) in [6, 6.07) is 0.463. The number of hydrogen-bond acceptors (Lipinski definition) is 2. The zero-order valence-corrected chi connectivity index (χ0v) is 11.5. The van der Waals surface area contributed by atoms with Crippen molar-refractivity contribution >= 4 is 0 Å². The molecule has 2 fully saturated rings. The summed E-state index contributed by atoms with van der Waals surface area (Å²) in [7, 11) is 0. The lowest BCUT2D eigenvalue weighted by molar-refractivity contribution is 0.0167. The highest BCUT2D eigenvalue weighted by molar-refractivity contribution is 5.12. The molecule has 1 N–H and O–H groups in total. The molecule has 0 aromatic carbocycles. The summed E-state index contributed by atoms with van der Waals surface area (Å²) in [6.45, 7) is 4.23. The van der Waals surface area contributed by atoms with Crippen molar-refractivity contribution in [3.8, 4) is 0 Å². The maximum absolute atomic E-state index is 10.0. The topological polar surface area (TPSA) is 38.0 Å². The summed E-state index contributed by atoms with van der Waals surface area (Å²) in [6.07, 6.45) is 10.4. The van der Waals surface area contributed by atoms with Gasteiger partial charge in [-0.25, -0.2) is 4.98 Å². The van der Waals surface area contributed by atoms with Gasteiger partial charge in [0.25, 0.3) is 0 Å². The van der Waals surface area contributed by atoms with Crippen LogP contribution in [0.25, 0.3) is 0 Å². The fourth-order valence-electron chi connectivity index (χ4n) is 4.15. The molecule has 1 heterocycles. The minimum Gasteiger partial charge on any atom is -0.393 e. The molecule has 2 saturated carbocycles. The molecular weight excluding hydrogens is 224 g/mol. The van der Waals surface area contributed by atoms with Gasteiger partial charge in [-0.2, -0.15) is 0 Å². The SMILES string of the molecule is Cc1ncn(C2CC(O)CCC23CCCC3)c1C. The molecule has 0 aliphatic heterocycles. The lowest BCUT2D eigenvalue weighted by Gasteiger charge is -2.44. The van der Waals surface area contributed by atoms with E-state index in [1.165, 1.54) is 37.8 Å². The Morgan fingerprint density at radius 2 is 2.00 bits per heavy atom. The van der Waals surface area contributed by atoms with E-state index < -0.39 is 0 Å². The van der Waals surface area contributed by atoms with Crippen LogP contribution >= 0.6 is 0 Å². The minimum absolute atomic E-state index is 0.122. The molecule has 2 atom stereocenters. The van der Waals surface area contributed by atoms with Crippen molar-refractivity contribution in [1.82, 2.24) is 9.55 Å². The zero-order chi connectivity index (χ0) is 12.8. The number of aliphatic hydroxyl groups excluding tert-OH is 1. The normalized spacial score (nSPS) is 31.1. The monoisotopic (exact) mass is 248 g/mol. The zero-order valence-electron chi connectivity index (χ0n) is 11.5. The van der Waals surface area contributed by atoms with Crippen molar-refractivity contribution in [3.63, 3.8) is 0 Å². The summed E-state index contributed by atoms with van der Waals surface area (Å²) in [4.78, 5) is 4.45. The third-order valence-corrected chi connectivity index (χ3v) is 5.40. The first-order chi connectivity index (χ1) is 8.62. The summed E-state index contributed by atoms with van der Waals surface area (Å²) in [5, 5.41) is 10.0. The Morgan fingerprint density at radius 1 is 1.28 bits per heavy atom. The number of nitrogens with zero attached hydrogens (tertiary/aromatic N) is 2. The van der Waals surface area contributed by atoms with Crippen LogP contribution in [0.3, 0.4) is 0 Å². The van der Waals surface area contributed by atoms with Gasteiger partial charge in [0.05, 0.1) is 18.1 Å². The third kappa shape index (κ3) is 1.80. The van der Waals surface area contributed by atoms with E-state index in [-0.39, 0.29) is 6.10 Å². The van der Waals surface area contributed by atoms with E-state index in [1.54, 1.807) is 0 Å². The smallest absolute Gasteiger partial charge is 0.0954 e. The quantitative estimate of drug-likeness (QED) is 0.829. The van der Waals surface area contributed by atoms with Crippen molar-refractivity contribution in [2.45, 2.75) is 70.9 Å². The van der Waals surface area contributed by atoms with Gasteiger partial charge in [-0.05, 0) is 51.4 Å². The molecule has 1 aromatic rings. The van der Waals surface area contributed by atoms with Crippen LogP contribution in [0.15, 0.2) is 6.33 Å². The van der Waals surface area contributed by atoms with Gasteiger partial charge in [-0.3, -0.25) is 0 Å². The number of imidazole rings is 1. The van der Waals surface area contributed by atoms with Crippen LogP contribution in [0.4, 0.5) is 0 Å². The highest BCUT2D eigenvalue weighted by Crippen LogP contribution is 2.54. The summed E-state index contributed by atoms with van der Waals surface area (Å²) < 4.78 is 2.35. The molecule has 1 spiro atoms. The number of aromatic nitrogens is 2. The Balaban J connectivity index is 1.97. The lowest BCUT2D eigenvalue weighted by Crippen LogP contribution is -2.38. The molecule has 2 aliphatic rings. The van der Waals surface area contributed by atoms with Crippen molar-refractivity contribution in [3.05, 3.63) is 17.7 Å². The Kier molecular flexibility index (Phi) is 2.97. The molecule has 1 aromatic heterocycles. The average molecular weight is 248 g/mol. The standard InChI is InChI=1S/C15H24N2O/c1-11-12(2)17(10-16-11)14-9-13(18)5-8-15(14)6-3-4-7-15/h10,13-14,18H,3-9H2,1-2H3. The van der Waals surface area contributed by atoms with E-state index in [9.17, 15) is 5.11 Å². The highest BCUT2D eigenvalue weighted by atomic mass is 16.3. The van der Waals surface area contributed by atoms with Gasteiger partial charge in [-0.15, -0.1) is 0 Å². The molecule has 18 heavy (non-hydrogen) atoms. The van der Waals surface area contributed by atoms with E-state index in [4.69, 9.17) is 0 Å². The predicted octanol–water partition coefficient (Wildman–Crippen LogP) is 3.15. The lowest BCUT2D eigenvalue weighted by atomic mass is 9.68. The fraction of sp³-hybridized carbons (Fsp3) is 0.800. The van der Waals surface area contributed by atoms with Gasteiger partial charge in [0.15, 0.2) is 0 Å². The van der Waals surface area contributed by atoms with Gasteiger partial charge in [0.1, 0.15) is 0 Å². The predicted molar refractivity (Wildman–Crippen MR) is 71.5 cm³/mol. The van der Waals surface area contributed by atoms with Gasteiger partial charge in [0, 0.05) is 11.7 Å². The van der Waals surface area contributed by atoms with Crippen LogP contribution in [0.2, 0.25) is 0 Å². The number of hydrogen-bond donors (Lipinski definition) is 1. The molecule has 0 saturated heterocycles. The molecule has 0 amide bonds. The second-order valence-electron chi connectivity index (χ2n) is 6.34. The molecule has 2 unspecified atom stereocenters. The Bertz CT molecular complexity index is 432. The van der Waals surface area contributed by atoms with E-state index in [2.05, 4.69) is 23.4 Å². The Morgan fingerprint density at radius 3 is 2.61 bits per heavy atom. The second kappa shape index (κ2) is 4.37. The molecule has 3 heteroatoms. The molecule has 2 aliphatic carbocycles. The first-order valence-corrected chi connectivity index (χ1v) is 7.30. The molecule has 3 rings (SSSR count). The van der Waals surface area contributed by atoms with E-state index >= 15 is 0 Å². The van der Waals surface area contributed by atoms with Gasteiger partial charge >= 0.3 is 0 Å². The number of aliphatic hydroxyl groups is 1. The van der Waals surface area contributed by atoms with Crippen LogP contribution in [0.5, 0.6) is 0 Å². The Hall–Kier alpha value is -0.830. The third-order valence-electron chi connectivity index (χ3n) is 5.40. The molecule has 100 valence electrons. The fourth-order valence-corrected chi connectivity index (χ4v) is 4.15. The number of aryl methyl sites for hydroxylation is 1. The molecule has 3 nitrogen and oxygen atoms in total. The van der Waals surface area contributed by atoms with Crippen molar-refractivity contribution < 1.29 is 5.11 Å². The highest BCUT2D eigenvalue weighted by Gasteiger charge is 2.46. The summed E-state index contributed by atoms with van der Waals surface area (Å²) in [5.41, 5.74) is 2.85. The largest absolute Gasteiger partial charge is 0.393 e. The van der Waals surface area contributed by atoms with Crippen LogP contribution in [-0.2, 0) is 0 Å². The van der Waals surface area contributed by atoms with Gasteiger partial charge in [0.2, 0.25) is 0 Å². The van der Waals surface area contributed by atoms with Crippen LogP contribution in [0.1, 0.15) is 62.4 Å². The molecular formula is C15H24N2O. The first-order valence-electron chi connectivity index (χ1n) is 7.30. The van der Waals surface area contributed by atoms with Crippen LogP contribution in [0, 0.1) is 19.3 Å². The van der Waals surface area contributed by atoms with Crippen LogP contribution in [-0.4, -0.2) is 20.8 Å². The average Bonchev–Trinajstić information content (AvgIpc) is 2.94. The second-order valence-corrected chi connectivity index (χ2v) is 6.34. The van der Waals surface area contributed by atoms with Crippen LogP contribution < -0.4 is 0 Å². The number of rotatable bonds is 1. The summed E-state index contributed by atoms with van der Waals surface area (Å²) in [5.74, 6) is 0. The van der Waals surface area contributed by atoms with Gasteiger partial charge < -0.3 is 9.67 Å². The molecule has 0 radical (unpaired) electrons. The van der Waals surface area contributed by atoms with E-state index in [0.717, 1.165) is 18.5 Å². The van der Waals surface area contributed by atoms with Gasteiger partial charge in [-0.1, -0.05) is 12.8 Å². The van der Waals surface area contributed by atoms with E-state index in [1.807, 2.05) is 6.33 Å². The summed E-state index contributed by atoms with van der Waals surface area (Å²) >= 11 is 0.